The Morgan fingerprint density at radius 2 is 0.803 bits per heavy atom. The van der Waals surface area contributed by atoms with Crippen molar-refractivity contribution in [1.29, 1.82) is 0 Å². The molecule has 7 aliphatic rings. The number of H-pyrrole nitrogens is 3. The van der Waals surface area contributed by atoms with E-state index in [0.717, 1.165) is 115 Å². The number of methoxy groups -OCH3 is 4. The second-order valence-electron chi connectivity index (χ2n) is 20.4. The molecule has 0 amide bonds. The van der Waals surface area contributed by atoms with Gasteiger partial charge in [-0.2, -0.15) is 0 Å². The van der Waals surface area contributed by atoms with Crippen molar-refractivity contribution in [2.24, 2.45) is 0 Å². The molecule has 384 valence electrons. The number of aryl methyl sites for hydroxylation is 1. The minimum absolute atomic E-state index is 0.0535. The van der Waals surface area contributed by atoms with Crippen molar-refractivity contribution in [3.63, 3.8) is 0 Å². The van der Waals surface area contributed by atoms with E-state index in [-0.39, 0.29) is 17.2 Å². The van der Waals surface area contributed by atoms with Gasteiger partial charge < -0.3 is 63.9 Å². The fraction of sp³-hybridized carbons (Fsp3) is 0.238. The van der Waals surface area contributed by atoms with Gasteiger partial charge in [0.05, 0.1) is 74.0 Å². The highest BCUT2D eigenvalue weighted by molar-refractivity contribution is 5.98. The average Bonchev–Trinajstić information content (AvgIpc) is 4.24. The Labute approximate surface area is 440 Å². The van der Waals surface area contributed by atoms with Crippen molar-refractivity contribution >= 4 is 66.9 Å². The third-order valence-electron chi connectivity index (χ3n) is 16.4. The van der Waals surface area contributed by atoms with Crippen molar-refractivity contribution in [3.8, 4) is 40.2 Å². The second-order valence-corrected chi connectivity index (χ2v) is 20.4. The molecular formula is C63H60N6O7. The lowest BCUT2D eigenvalue weighted by Gasteiger charge is -2.34. The molecule has 3 aromatic heterocycles. The summed E-state index contributed by atoms with van der Waals surface area (Å²) in [7, 11) is 6.57. The van der Waals surface area contributed by atoms with Crippen LogP contribution in [0.2, 0.25) is 0 Å². The molecule has 13 heteroatoms. The zero-order valence-corrected chi connectivity index (χ0v) is 43.6. The van der Waals surface area contributed by atoms with Gasteiger partial charge >= 0.3 is 0 Å². The lowest BCUT2D eigenvalue weighted by molar-refractivity contribution is 0.371. The number of benzene rings is 6. The number of allylic oxidation sites excluding steroid dienone is 3. The van der Waals surface area contributed by atoms with Crippen LogP contribution < -0.4 is 33.6 Å². The number of hydrogen-bond donors (Lipinski definition) is 6. The smallest absolute Gasteiger partial charge is 0.184 e. The van der Waals surface area contributed by atoms with Crippen LogP contribution in [0.3, 0.4) is 0 Å². The molecule has 16 rings (SSSR count). The molecule has 0 spiro atoms. The monoisotopic (exact) mass is 1010 g/mol. The van der Waals surface area contributed by atoms with Crippen molar-refractivity contribution in [2.75, 3.05) is 62.8 Å². The van der Waals surface area contributed by atoms with E-state index in [9.17, 15) is 15.3 Å². The number of nitrogens with one attached hydrogen (secondary N) is 3. The number of phenolic OH excluding ortho intramolecular Hbond substituents is 3. The van der Waals surface area contributed by atoms with E-state index in [1.165, 1.54) is 27.6 Å². The first-order valence-corrected chi connectivity index (χ1v) is 26.1. The number of aromatic nitrogens is 3. The zero-order valence-electron chi connectivity index (χ0n) is 43.6. The summed E-state index contributed by atoms with van der Waals surface area (Å²) < 4.78 is 23.7. The summed E-state index contributed by atoms with van der Waals surface area (Å²) in [5, 5.41) is 40.5. The molecule has 76 heavy (non-hydrogen) atoms. The summed E-state index contributed by atoms with van der Waals surface area (Å²) in [6.45, 7) is 5.98. The largest absolute Gasteiger partial charge is 0.507 e. The Morgan fingerprint density at radius 3 is 1.22 bits per heavy atom. The van der Waals surface area contributed by atoms with Crippen LogP contribution in [0.15, 0.2) is 109 Å². The van der Waals surface area contributed by atoms with E-state index in [1.54, 1.807) is 28.4 Å². The van der Waals surface area contributed by atoms with Crippen LogP contribution in [0.4, 0.5) is 17.1 Å². The lowest BCUT2D eigenvalue weighted by atomic mass is 9.95. The molecule has 6 bridgehead atoms. The predicted octanol–water partition coefficient (Wildman–Crippen LogP) is 12.2. The van der Waals surface area contributed by atoms with Gasteiger partial charge in [-0.05, 0) is 129 Å². The number of rotatable bonds is 4. The first kappa shape index (κ1) is 46.9. The zero-order chi connectivity index (χ0) is 52.1. The number of phenols is 3. The fourth-order valence-corrected chi connectivity index (χ4v) is 12.5. The summed E-state index contributed by atoms with van der Waals surface area (Å²) in [5.41, 5.74) is 18.7. The molecule has 10 heterocycles. The van der Waals surface area contributed by atoms with Crippen LogP contribution in [0.25, 0.3) is 49.8 Å². The Morgan fingerprint density at radius 1 is 0.421 bits per heavy atom. The van der Waals surface area contributed by atoms with Gasteiger partial charge in [0.2, 0.25) is 0 Å². The van der Waals surface area contributed by atoms with Crippen LogP contribution in [-0.2, 0) is 38.5 Å². The van der Waals surface area contributed by atoms with Crippen LogP contribution in [0.5, 0.6) is 40.2 Å². The summed E-state index contributed by atoms with van der Waals surface area (Å²) in [6, 6.07) is 31.0. The molecule has 7 aliphatic heterocycles. The average molecular weight is 1010 g/mol. The maximum Gasteiger partial charge on any atom is 0.184 e. The van der Waals surface area contributed by atoms with Crippen molar-refractivity contribution in [3.05, 3.63) is 171 Å². The molecule has 0 fully saturated rings. The third kappa shape index (κ3) is 7.34. The molecule has 13 nitrogen and oxygen atoms in total. The van der Waals surface area contributed by atoms with E-state index in [2.05, 4.69) is 91.2 Å². The number of fused-ring (bicyclic) bond motifs is 12. The maximum absolute atomic E-state index is 12.4. The Hall–Kier alpha value is -8.84. The lowest BCUT2D eigenvalue weighted by Crippen LogP contribution is -2.30. The van der Waals surface area contributed by atoms with Crippen LogP contribution in [0, 0.1) is 13.8 Å². The van der Waals surface area contributed by atoms with Gasteiger partial charge in [-0.25, -0.2) is 0 Å². The summed E-state index contributed by atoms with van der Waals surface area (Å²) >= 11 is 0. The van der Waals surface area contributed by atoms with Crippen molar-refractivity contribution in [2.45, 2.75) is 52.4 Å². The number of ether oxygens (including phenoxy) is 4. The standard InChI is InChI=1S/C63H60N6O7/c1-34-7-16-41-44-26-29-68-52(57(44)64-47(41)31-34)20-9-36-8-19-50(35(2)59(36)70)67-28-25-45-42-17-14-39(73-3)32-48(42)65-56(45)51(67)21-10-37-12-23-55(63(76-6)60(37)71)69-30-27-46-43-18-15-40(74-4)33-49(43)66-58(46)53(69)22-11-38-13-24-54(68)62(75-5)61(38)72/h7-8,12-24,31-33,64-66,70-72H,9-11,25-30H2,1-6H3/b51-21+,52-20+,53-22+. The van der Waals surface area contributed by atoms with Gasteiger partial charge in [-0.1, -0.05) is 48.6 Å². The third-order valence-corrected chi connectivity index (χ3v) is 16.4. The van der Waals surface area contributed by atoms with Gasteiger partial charge in [-0.3, -0.25) is 0 Å². The number of aromatic amines is 3. The SMILES string of the molecule is COc1ccc2c3c([nH]c2c1)/C1=C\Cc2ccc(c(OC)c2O)N2CCc4c([nH]c5cc(OC)ccc45)/C2=C\Cc2ccc(c(OC)c2O)N2CCc4c([nH]c5cc(C)ccc45)/C2=C\Cc2ccc(c(C)c2O)N1CC3. The number of nitrogens with zero attached hydrogens (tertiary/aromatic N) is 3. The van der Waals surface area contributed by atoms with Crippen LogP contribution >= 0.6 is 0 Å². The molecule has 9 aromatic rings. The molecule has 0 unspecified atom stereocenters. The minimum atomic E-state index is 0.0535. The topological polar surface area (TPSA) is 155 Å². The van der Waals surface area contributed by atoms with E-state index >= 15 is 0 Å². The van der Waals surface area contributed by atoms with Crippen molar-refractivity contribution in [1.82, 2.24) is 15.0 Å². The molecule has 0 saturated heterocycles. The van der Waals surface area contributed by atoms with Gasteiger partial charge in [0, 0.05) is 86.9 Å². The molecular weight excluding hydrogens is 953 g/mol. The molecule has 6 N–H and O–H groups in total. The molecule has 0 aliphatic carbocycles. The van der Waals surface area contributed by atoms with Crippen molar-refractivity contribution < 1.29 is 34.3 Å². The van der Waals surface area contributed by atoms with Gasteiger partial charge in [0.25, 0.3) is 0 Å². The maximum atomic E-state index is 12.4. The molecule has 6 aromatic carbocycles. The number of aromatic hydroxyl groups is 3. The van der Waals surface area contributed by atoms with Crippen LogP contribution in [0.1, 0.15) is 61.6 Å². The quantitative estimate of drug-likeness (QED) is 0.100. The van der Waals surface area contributed by atoms with Gasteiger partial charge in [0.15, 0.2) is 23.0 Å². The highest BCUT2D eigenvalue weighted by atomic mass is 16.5. The number of hydrogen-bond acceptors (Lipinski definition) is 10. The van der Waals surface area contributed by atoms with E-state index < -0.39 is 0 Å². The van der Waals surface area contributed by atoms with Crippen LogP contribution in [-0.4, -0.2) is 78.3 Å². The van der Waals surface area contributed by atoms with E-state index in [4.69, 9.17) is 18.9 Å². The van der Waals surface area contributed by atoms with Gasteiger partial charge in [0.1, 0.15) is 17.2 Å². The molecule has 0 saturated carbocycles. The predicted molar refractivity (Wildman–Crippen MR) is 303 cm³/mol. The summed E-state index contributed by atoms with van der Waals surface area (Å²) in [6.07, 6.45) is 9.91. The Balaban J connectivity index is 1.02. The summed E-state index contributed by atoms with van der Waals surface area (Å²) in [4.78, 5) is 18.0. The van der Waals surface area contributed by atoms with E-state index in [1.807, 2.05) is 61.5 Å². The highest BCUT2D eigenvalue weighted by Gasteiger charge is 2.33. The summed E-state index contributed by atoms with van der Waals surface area (Å²) in [5.74, 6) is 2.60. The molecule has 0 radical (unpaired) electrons. The normalized spacial score (nSPS) is 17.4. The van der Waals surface area contributed by atoms with Gasteiger partial charge in [-0.15, -0.1) is 0 Å². The highest BCUT2D eigenvalue weighted by Crippen LogP contribution is 2.49. The first-order valence-electron chi connectivity index (χ1n) is 26.1. The Bertz CT molecular complexity index is 3970. The Kier molecular flexibility index (Phi) is 11.2. The minimum Gasteiger partial charge on any atom is -0.507 e. The number of anilines is 3. The fourth-order valence-electron chi connectivity index (χ4n) is 12.5. The molecule has 0 atom stereocenters. The first-order chi connectivity index (χ1) is 37.0. The van der Waals surface area contributed by atoms with E-state index in [0.29, 0.717) is 67.2 Å². The second kappa shape index (κ2) is 18.2.